The second kappa shape index (κ2) is 5.96. The quantitative estimate of drug-likeness (QED) is 0.855. The van der Waals surface area contributed by atoms with E-state index < -0.39 is 0 Å². The molecule has 23 heavy (non-hydrogen) atoms. The lowest BCUT2D eigenvalue weighted by Gasteiger charge is -2.17. The maximum atomic E-state index is 10.6. The molecular weight excluding hydrogens is 282 g/mol. The van der Waals surface area contributed by atoms with Crippen molar-refractivity contribution in [1.29, 1.82) is 0 Å². The molecule has 0 radical (unpaired) electrons. The SMILES string of the molecule is C=C(Cc1c(C)c(O)c2c(c1C)=CCCC=2)c1ccc(N)cc1. The van der Waals surface area contributed by atoms with Crippen LogP contribution in [0.25, 0.3) is 17.7 Å². The summed E-state index contributed by atoms with van der Waals surface area (Å²) in [6.45, 7) is 8.38. The van der Waals surface area contributed by atoms with E-state index in [0.29, 0.717) is 5.75 Å². The van der Waals surface area contributed by atoms with Gasteiger partial charge in [-0.15, -0.1) is 0 Å². The van der Waals surface area contributed by atoms with Gasteiger partial charge < -0.3 is 10.8 Å². The molecule has 2 heteroatoms. The van der Waals surface area contributed by atoms with Gasteiger partial charge in [0.25, 0.3) is 0 Å². The lowest BCUT2D eigenvalue weighted by Crippen LogP contribution is -2.32. The van der Waals surface area contributed by atoms with Crippen molar-refractivity contribution in [1.82, 2.24) is 0 Å². The Bertz CT molecular complexity index is 889. The summed E-state index contributed by atoms with van der Waals surface area (Å²) in [5, 5.41) is 12.7. The van der Waals surface area contributed by atoms with E-state index in [4.69, 9.17) is 5.73 Å². The van der Waals surface area contributed by atoms with Crippen LogP contribution in [0.15, 0.2) is 30.8 Å². The minimum atomic E-state index is 0.418. The number of aromatic hydroxyl groups is 1. The molecule has 1 aliphatic rings. The van der Waals surface area contributed by atoms with Crippen LogP contribution in [-0.4, -0.2) is 5.11 Å². The minimum absolute atomic E-state index is 0.418. The standard InChI is InChI=1S/C21H23NO/c1-13(16-8-10-17(22)11-9-16)12-20-14(2)18-6-4-5-7-19(18)21(23)15(20)3/h6-11,23H,1,4-5,12,22H2,2-3H3. The molecule has 0 spiro atoms. The van der Waals surface area contributed by atoms with Crippen LogP contribution >= 0.6 is 0 Å². The summed E-state index contributed by atoms with van der Waals surface area (Å²) in [7, 11) is 0. The van der Waals surface area contributed by atoms with Crippen molar-refractivity contribution >= 4 is 23.4 Å². The Kier molecular flexibility index (Phi) is 3.99. The molecule has 2 nitrogen and oxygen atoms in total. The molecule has 0 saturated carbocycles. The lowest BCUT2D eigenvalue weighted by atomic mass is 9.89. The zero-order chi connectivity index (χ0) is 16.6. The van der Waals surface area contributed by atoms with Gasteiger partial charge in [0.05, 0.1) is 0 Å². The van der Waals surface area contributed by atoms with Gasteiger partial charge in [0.15, 0.2) is 0 Å². The van der Waals surface area contributed by atoms with Gasteiger partial charge in [0.1, 0.15) is 5.75 Å². The molecule has 0 saturated heterocycles. The van der Waals surface area contributed by atoms with E-state index in [0.717, 1.165) is 46.9 Å². The number of nitrogens with two attached hydrogens (primary N) is 1. The van der Waals surface area contributed by atoms with Crippen LogP contribution in [0.1, 0.15) is 35.1 Å². The molecule has 0 heterocycles. The highest BCUT2D eigenvalue weighted by atomic mass is 16.3. The third-order valence-electron chi connectivity index (χ3n) is 4.78. The third kappa shape index (κ3) is 2.77. The Morgan fingerprint density at radius 2 is 1.65 bits per heavy atom. The highest BCUT2D eigenvalue weighted by molar-refractivity contribution is 5.69. The van der Waals surface area contributed by atoms with Gasteiger partial charge >= 0.3 is 0 Å². The number of hydrogen-bond acceptors (Lipinski definition) is 2. The van der Waals surface area contributed by atoms with Crippen LogP contribution in [0.5, 0.6) is 5.75 Å². The largest absolute Gasteiger partial charge is 0.507 e. The van der Waals surface area contributed by atoms with Crippen molar-refractivity contribution in [3.8, 4) is 5.75 Å². The van der Waals surface area contributed by atoms with Gasteiger partial charge in [-0.25, -0.2) is 0 Å². The highest BCUT2D eigenvalue weighted by Crippen LogP contribution is 2.25. The summed E-state index contributed by atoms with van der Waals surface area (Å²) in [4.78, 5) is 0. The molecule has 0 atom stereocenters. The Hall–Kier alpha value is -2.48. The number of allylic oxidation sites excluding steroid dienone is 1. The zero-order valence-electron chi connectivity index (χ0n) is 13.8. The van der Waals surface area contributed by atoms with Crippen molar-refractivity contribution in [2.24, 2.45) is 0 Å². The van der Waals surface area contributed by atoms with E-state index in [2.05, 4.69) is 25.7 Å². The first-order valence-corrected chi connectivity index (χ1v) is 8.04. The van der Waals surface area contributed by atoms with Crippen LogP contribution in [0.2, 0.25) is 0 Å². The van der Waals surface area contributed by atoms with Crippen LogP contribution in [0.4, 0.5) is 5.69 Å². The fourth-order valence-corrected chi connectivity index (χ4v) is 3.34. The van der Waals surface area contributed by atoms with E-state index in [1.54, 1.807) is 0 Å². The fourth-order valence-electron chi connectivity index (χ4n) is 3.34. The maximum Gasteiger partial charge on any atom is 0.126 e. The number of anilines is 1. The Balaban J connectivity index is 2.06. The smallest absolute Gasteiger partial charge is 0.126 e. The minimum Gasteiger partial charge on any atom is -0.507 e. The number of hydrogen-bond donors (Lipinski definition) is 2. The maximum absolute atomic E-state index is 10.6. The average Bonchev–Trinajstić information content (AvgIpc) is 2.57. The molecule has 3 rings (SSSR count). The first-order valence-electron chi connectivity index (χ1n) is 8.04. The van der Waals surface area contributed by atoms with Gasteiger partial charge in [0, 0.05) is 10.9 Å². The molecular formula is C21H23NO. The first kappa shape index (κ1) is 15.4. The summed E-state index contributed by atoms with van der Waals surface area (Å²) in [6, 6.07) is 7.79. The Morgan fingerprint density at radius 3 is 2.30 bits per heavy atom. The summed E-state index contributed by atoms with van der Waals surface area (Å²) in [6.07, 6.45) is 7.14. The van der Waals surface area contributed by atoms with Gasteiger partial charge in [-0.1, -0.05) is 30.9 Å². The number of nitrogen functional groups attached to an aromatic ring is 1. The second-order valence-corrected chi connectivity index (χ2v) is 6.29. The fraction of sp³-hybridized carbons (Fsp3) is 0.238. The van der Waals surface area contributed by atoms with Gasteiger partial charge in [-0.05, 0) is 78.3 Å². The van der Waals surface area contributed by atoms with Crippen molar-refractivity contribution in [3.63, 3.8) is 0 Å². The molecule has 0 aromatic heterocycles. The first-order chi connectivity index (χ1) is 11.0. The second-order valence-electron chi connectivity index (χ2n) is 6.29. The number of phenolic OH excluding ortho intramolecular Hbond substituents is 1. The molecule has 2 aromatic rings. The summed E-state index contributed by atoms with van der Waals surface area (Å²) in [5.41, 5.74) is 12.0. The van der Waals surface area contributed by atoms with Gasteiger partial charge in [-0.2, -0.15) is 0 Å². The predicted octanol–water partition coefficient (Wildman–Crippen LogP) is 3.20. The monoisotopic (exact) mass is 305 g/mol. The number of phenols is 1. The van der Waals surface area contributed by atoms with Crippen molar-refractivity contribution in [2.75, 3.05) is 5.73 Å². The summed E-state index contributed by atoms with van der Waals surface area (Å²) in [5.74, 6) is 0.418. The van der Waals surface area contributed by atoms with Crippen molar-refractivity contribution < 1.29 is 5.11 Å². The van der Waals surface area contributed by atoms with Crippen LogP contribution in [0, 0.1) is 13.8 Å². The molecule has 0 aliphatic heterocycles. The lowest BCUT2D eigenvalue weighted by molar-refractivity contribution is 0.464. The predicted molar refractivity (Wildman–Crippen MR) is 98.6 cm³/mol. The summed E-state index contributed by atoms with van der Waals surface area (Å²) < 4.78 is 0. The van der Waals surface area contributed by atoms with Crippen LogP contribution in [0.3, 0.4) is 0 Å². The van der Waals surface area contributed by atoms with E-state index in [-0.39, 0.29) is 0 Å². The van der Waals surface area contributed by atoms with Crippen molar-refractivity contribution in [2.45, 2.75) is 33.1 Å². The van der Waals surface area contributed by atoms with E-state index in [1.165, 1.54) is 16.3 Å². The zero-order valence-corrected chi connectivity index (χ0v) is 13.8. The van der Waals surface area contributed by atoms with Gasteiger partial charge in [0.2, 0.25) is 0 Å². The number of rotatable bonds is 3. The van der Waals surface area contributed by atoms with Crippen LogP contribution < -0.4 is 16.2 Å². The number of benzene rings is 2. The van der Waals surface area contributed by atoms with Crippen LogP contribution in [-0.2, 0) is 6.42 Å². The molecule has 0 unspecified atom stereocenters. The van der Waals surface area contributed by atoms with E-state index in [1.807, 2.05) is 31.2 Å². The third-order valence-corrected chi connectivity index (χ3v) is 4.78. The average molecular weight is 305 g/mol. The summed E-state index contributed by atoms with van der Waals surface area (Å²) >= 11 is 0. The van der Waals surface area contributed by atoms with E-state index in [9.17, 15) is 5.11 Å². The normalized spacial score (nSPS) is 13.0. The molecule has 0 amide bonds. The van der Waals surface area contributed by atoms with E-state index >= 15 is 0 Å². The molecule has 1 aliphatic carbocycles. The molecule has 3 N–H and O–H groups in total. The molecule has 0 fully saturated rings. The molecule has 2 aromatic carbocycles. The Labute approximate surface area is 137 Å². The van der Waals surface area contributed by atoms with Gasteiger partial charge in [-0.3, -0.25) is 0 Å². The van der Waals surface area contributed by atoms with Crippen molar-refractivity contribution in [3.05, 3.63) is 63.5 Å². The molecule has 0 bridgehead atoms. The molecule has 118 valence electrons. The Morgan fingerprint density at radius 1 is 1.04 bits per heavy atom. The highest BCUT2D eigenvalue weighted by Gasteiger charge is 2.14. The number of fused-ring (bicyclic) bond motifs is 1. The topological polar surface area (TPSA) is 46.2 Å².